The number of furan rings is 1. The minimum Gasteiger partial charge on any atom is -0.469 e. The Labute approximate surface area is 163 Å². The summed E-state index contributed by atoms with van der Waals surface area (Å²) < 4.78 is 10.2. The van der Waals surface area contributed by atoms with Gasteiger partial charge < -0.3 is 14.1 Å². The van der Waals surface area contributed by atoms with Crippen LogP contribution in [0.15, 0.2) is 70.0 Å². The van der Waals surface area contributed by atoms with E-state index in [1.54, 1.807) is 17.6 Å². The third-order valence-electron chi connectivity index (χ3n) is 4.37. The SMILES string of the molecule is COC(=O)CCN(C)C/C=C(/c1ccc(-c2ccco2)cc1)c1ccsc1. The number of hydrogen-bond acceptors (Lipinski definition) is 5. The van der Waals surface area contributed by atoms with Crippen LogP contribution in [0, 0.1) is 0 Å². The lowest BCUT2D eigenvalue weighted by atomic mass is 9.98. The van der Waals surface area contributed by atoms with Crippen LogP contribution in [-0.4, -0.2) is 38.1 Å². The monoisotopic (exact) mass is 381 g/mol. The van der Waals surface area contributed by atoms with E-state index in [0.717, 1.165) is 23.4 Å². The molecule has 2 aromatic heterocycles. The quantitative estimate of drug-likeness (QED) is 0.519. The van der Waals surface area contributed by atoms with Gasteiger partial charge in [-0.15, -0.1) is 0 Å². The smallest absolute Gasteiger partial charge is 0.306 e. The van der Waals surface area contributed by atoms with Crippen molar-refractivity contribution in [3.8, 4) is 11.3 Å². The predicted molar refractivity (Wildman–Crippen MR) is 110 cm³/mol. The van der Waals surface area contributed by atoms with Gasteiger partial charge in [0.25, 0.3) is 0 Å². The summed E-state index contributed by atoms with van der Waals surface area (Å²) in [7, 11) is 3.42. The van der Waals surface area contributed by atoms with Crippen LogP contribution in [0.2, 0.25) is 0 Å². The summed E-state index contributed by atoms with van der Waals surface area (Å²) in [4.78, 5) is 13.4. The number of ether oxygens (including phenoxy) is 1. The molecule has 0 bridgehead atoms. The third-order valence-corrected chi connectivity index (χ3v) is 5.05. The third kappa shape index (κ3) is 5.18. The van der Waals surface area contributed by atoms with Gasteiger partial charge >= 0.3 is 5.97 Å². The fourth-order valence-corrected chi connectivity index (χ4v) is 3.46. The lowest BCUT2D eigenvalue weighted by Crippen LogP contribution is -2.22. The molecule has 3 rings (SSSR count). The number of nitrogens with zero attached hydrogens (tertiary/aromatic N) is 1. The molecule has 0 atom stereocenters. The minimum absolute atomic E-state index is 0.183. The highest BCUT2D eigenvalue weighted by molar-refractivity contribution is 7.08. The van der Waals surface area contributed by atoms with Crippen LogP contribution in [0.4, 0.5) is 0 Å². The number of likely N-dealkylation sites (N-methyl/N-ethyl adjacent to an activating group) is 1. The minimum atomic E-state index is -0.183. The molecular formula is C22H23NO3S. The molecule has 1 aromatic carbocycles. The molecular weight excluding hydrogens is 358 g/mol. The molecule has 0 unspecified atom stereocenters. The molecule has 0 aliphatic heterocycles. The average molecular weight is 381 g/mol. The Bertz CT molecular complexity index is 865. The summed E-state index contributed by atoms with van der Waals surface area (Å²) in [5, 5.41) is 4.24. The molecule has 0 amide bonds. The van der Waals surface area contributed by atoms with Crippen molar-refractivity contribution in [2.75, 3.05) is 27.2 Å². The van der Waals surface area contributed by atoms with Gasteiger partial charge in [-0.3, -0.25) is 4.79 Å². The highest BCUT2D eigenvalue weighted by Gasteiger charge is 2.09. The van der Waals surface area contributed by atoms with Crippen LogP contribution < -0.4 is 0 Å². The van der Waals surface area contributed by atoms with E-state index in [0.29, 0.717) is 13.0 Å². The van der Waals surface area contributed by atoms with Crippen molar-refractivity contribution < 1.29 is 13.9 Å². The largest absolute Gasteiger partial charge is 0.469 e. The summed E-state index contributed by atoms with van der Waals surface area (Å²) in [6.45, 7) is 1.42. The molecule has 0 saturated heterocycles. The Morgan fingerprint density at radius 1 is 1.19 bits per heavy atom. The molecule has 0 N–H and O–H groups in total. The van der Waals surface area contributed by atoms with E-state index in [9.17, 15) is 4.79 Å². The number of methoxy groups -OCH3 is 1. The van der Waals surface area contributed by atoms with E-state index >= 15 is 0 Å². The Morgan fingerprint density at radius 3 is 2.63 bits per heavy atom. The van der Waals surface area contributed by atoms with Crippen molar-refractivity contribution in [3.05, 3.63) is 76.7 Å². The van der Waals surface area contributed by atoms with E-state index in [4.69, 9.17) is 9.15 Å². The van der Waals surface area contributed by atoms with Crippen LogP contribution >= 0.6 is 11.3 Å². The molecule has 0 saturated carbocycles. The summed E-state index contributed by atoms with van der Waals surface area (Å²) >= 11 is 1.68. The number of carbonyl (C=O) groups excluding carboxylic acids is 1. The lowest BCUT2D eigenvalue weighted by Gasteiger charge is -2.15. The number of thiophene rings is 1. The zero-order chi connectivity index (χ0) is 19.1. The lowest BCUT2D eigenvalue weighted by molar-refractivity contribution is -0.140. The Kier molecular flexibility index (Phi) is 6.63. The van der Waals surface area contributed by atoms with Crippen molar-refractivity contribution >= 4 is 22.9 Å². The highest BCUT2D eigenvalue weighted by atomic mass is 32.1. The predicted octanol–water partition coefficient (Wildman–Crippen LogP) is 4.93. The first-order chi connectivity index (χ1) is 13.2. The maximum Gasteiger partial charge on any atom is 0.306 e. The van der Waals surface area contributed by atoms with Gasteiger partial charge in [-0.1, -0.05) is 30.3 Å². The van der Waals surface area contributed by atoms with E-state index in [1.165, 1.54) is 18.2 Å². The number of benzene rings is 1. The second-order valence-electron chi connectivity index (χ2n) is 6.27. The standard InChI is InChI=1S/C22H23NO3S/c1-23(13-10-22(24)25-2)12-9-20(19-11-15-27-16-19)17-5-7-18(8-6-17)21-4-3-14-26-21/h3-9,11,14-16H,10,12-13H2,1-2H3/b20-9-. The molecule has 140 valence electrons. The van der Waals surface area contributed by atoms with Crippen molar-refractivity contribution in [2.45, 2.75) is 6.42 Å². The van der Waals surface area contributed by atoms with Crippen molar-refractivity contribution in [1.29, 1.82) is 0 Å². The molecule has 2 heterocycles. The Morgan fingerprint density at radius 2 is 2.00 bits per heavy atom. The number of hydrogen-bond donors (Lipinski definition) is 0. The summed E-state index contributed by atoms with van der Waals surface area (Å²) in [5.74, 6) is 0.683. The summed E-state index contributed by atoms with van der Waals surface area (Å²) in [6.07, 6.45) is 4.29. The Balaban J connectivity index is 1.77. The fraction of sp³-hybridized carbons (Fsp3) is 0.227. The maximum absolute atomic E-state index is 11.3. The molecule has 0 aliphatic rings. The second kappa shape index (κ2) is 9.35. The first kappa shape index (κ1) is 19.1. The molecule has 0 spiro atoms. The first-order valence-electron chi connectivity index (χ1n) is 8.80. The normalized spacial score (nSPS) is 11.7. The Hall–Kier alpha value is -2.63. The van der Waals surface area contributed by atoms with Gasteiger partial charge in [0.1, 0.15) is 5.76 Å². The van der Waals surface area contributed by atoms with Crippen molar-refractivity contribution in [3.63, 3.8) is 0 Å². The molecule has 5 heteroatoms. The van der Waals surface area contributed by atoms with Crippen molar-refractivity contribution in [1.82, 2.24) is 4.90 Å². The fourth-order valence-electron chi connectivity index (χ4n) is 2.80. The average Bonchev–Trinajstić information content (AvgIpc) is 3.41. The summed E-state index contributed by atoms with van der Waals surface area (Å²) in [6, 6.07) is 14.4. The summed E-state index contributed by atoms with van der Waals surface area (Å²) in [5.41, 5.74) is 4.60. The molecule has 4 nitrogen and oxygen atoms in total. The van der Waals surface area contributed by atoms with Crippen LogP contribution in [0.25, 0.3) is 16.9 Å². The molecule has 0 radical (unpaired) electrons. The van der Waals surface area contributed by atoms with E-state index in [2.05, 4.69) is 52.1 Å². The van der Waals surface area contributed by atoms with Gasteiger partial charge in [0.15, 0.2) is 0 Å². The van der Waals surface area contributed by atoms with E-state index in [-0.39, 0.29) is 5.97 Å². The first-order valence-corrected chi connectivity index (χ1v) is 9.74. The van der Waals surface area contributed by atoms with Crippen molar-refractivity contribution in [2.24, 2.45) is 0 Å². The number of rotatable bonds is 8. The van der Waals surface area contributed by atoms with Gasteiger partial charge in [-0.2, -0.15) is 11.3 Å². The van der Waals surface area contributed by atoms with Gasteiger partial charge in [0.05, 0.1) is 19.8 Å². The molecule has 0 aliphatic carbocycles. The molecule has 27 heavy (non-hydrogen) atoms. The molecule has 3 aromatic rings. The number of esters is 1. The van der Waals surface area contributed by atoms with Crippen LogP contribution in [0.3, 0.4) is 0 Å². The maximum atomic E-state index is 11.3. The van der Waals surface area contributed by atoms with Gasteiger partial charge in [-0.25, -0.2) is 0 Å². The second-order valence-corrected chi connectivity index (χ2v) is 7.05. The van der Waals surface area contributed by atoms with E-state index in [1.807, 2.05) is 19.2 Å². The van der Waals surface area contributed by atoms with Crippen LogP contribution in [0.1, 0.15) is 17.5 Å². The molecule has 0 fully saturated rings. The van der Waals surface area contributed by atoms with E-state index < -0.39 is 0 Å². The van der Waals surface area contributed by atoms with Crippen LogP contribution in [-0.2, 0) is 9.53 Å². The van der Waals surface area contributed by atoms with Crippen LogP contribution in [0.5, 0.6) is 0 Å². The highest BCUT2D eigenvalue weighted by Crippen LogP contribution is 2.28. The topological polar surface area (TPSA) is 42.7 Å². The zero-order valence-electron chi connectivity index (χ0n) is 15.6. The number of carbonyl (C=O) groups is 1. The van der Waals surface area contributed by atoms with Gasteiger partial charge in [0.2, 0.25) is 0 Å². The van der Waals surface area contributed by atoms with Gasteiger partial charge in [0, 0.05) is 18.7 Å². The zero-order valence-corrected chi connectivity index (χ0v) is 16.4. The van der Waals surface area contributed by atoms with Gasteiger partial charge in [-0.05, 0) is 52.7 Å².